The van der Waals surface area contributed by atoms with Gasteiger partial charge in [0.1, 0.15) is 0 Å². The molecule has 0 saturated carbocycles. The third-order valence-corrected chi connectivity index (χ3v) is 3.64. The molecule has 2 N–H and O–H groups in total. The molecule has 1 aromatic rings. The first kappa shape index (κ1) is 13.1. The van der Waals surface area contributed by atoms with Gasteiger partial charge in [-0.25, -0.2) is 0 Å². The van der Waals surface area contributed by atoms with Crippen molar-refractivity contribution in [1.29, 1.82) is 0 Å². The Morgan fingerprint density at radius 2 is 2.39 bits per heavy atom. The van der Waals surface area contributed by atoms with Gasteiger partial charge >= 0.3 is 0 Å². The Kier molecular flexibility index (Phi) is 4.07. The zero-order valence-electron chi connectivity index (χ0n) is 11.3. The molecule has 1 aliphatic rings. The molecule has 2 atom stereocenters. The lowest BCUT2D eigenvalue weighted by Crippen LogP contribution is -2.35. The Hall–Kier alpha value is -1.29. The van der Waals surface area contributed by atoms with Crippen molar-refractivity contribution < 1.29 is 9.53 Å². The highest BCUT2D eigenvalue weighted by Crippen LogP contribution is 2.26. The van der Waals surface area contributed by atoms with Crippen molar-refractivity contribution in [2.45, 2.75) is 33.3 Å². The van der Waals surface area contributed by atoms with Crippen LogP contribution in [0.25, 0.3) is 0 Å². The molecule has 0 radical (unpaired) electrons. The van der Waals surface area contributed by atoms with Crippen LogP contribution in [0.4, 0.5) is 0 Å². The minimum Gasteiger partial charge on any atom is -0.378 e. The maximum atomic E-state index is 12.0. The predicted molar refractivity (Wildman–Crippen MR) is 70.5 cm³/mol. The Bertz CT molecular complexity index is 412. The summed E-state index contributed by atoms with van der Waals surface area (Å²) in [5.41, 5.74) is 1.64. The molecule has 0 bridgehead atoms. The fourth-order valence-electron chi connectivity index (χ4n) is 2.63. The number of ether oxygens (including phenoxy) is 1. The van der Waals surface area contributed by atoms with Crippen LogP contribution in [0.2, 0.25) is 0 Å². The maximum Gasteiger partial charge on any atom is 0.253 e. The van der Waals surface area contributed by atoms with E-state index >= 15 is 0 Å². The summed E-state index contributed by atoms with van der Waals surface area (Å²) < 4.78 is 5.72. The van der Waals surface area contributed by atoms with Gasteiger partial charge in [0.15, 0.2) is 0 Å². The number of amides is 1. The first-order valence-electron chi connectivity index (χ1n) is 6.63. The molecule has 1 aromatic heterocycles. The molecule has 0 unspecified atom stereocenters. The summed E-state index contributed by atoms with van der Waals surface area (Å²) in [6.45, 7) is 7.76. The molecular weight excluding hydrogens is 228 g/mol. The van der Waals surface area contributed by atoms with Crippen LogP contribution in [0.5, 0.6) is 0 Å². The Labute approximate surface area is 108 Å². The van der Waals surface area contributed by atoms with Crippen LogP contribution >= 0.6 is 0 Å². The van der Waals surface area contributed by atoms with Gasteiger partial charge in [-0.15, -0.1) is 0 Å². The number of hydrogen-bond donors (Lipinski definition) is 2. The smallest absolute Gasteiger partial charge is 0.253 e. The number of hydrogen-bond acceptors (Lipinski definition) is 2. The highest BCUT2D eigenvalue weighted by atomic mass is 16.5. The van der Waals surface area contributed by atoms with E-state index in [9.17, 15) is 4.79 Å². The van der Waals surface area contributed by atoms with Crippen molar-refractivity contribution >= 4 is 5.91 Å². The Balaban J connectivity index is 1.88. The van der Waals surface area contributed by atoms with Gasteiger partial charge in [0.2, 0.25) is 0 Å². The summed E-state index contributed by atoms with van der Waals surface area (Å²) in [6.07, 6.45) is 3.10. The SMILES string of the molecule is Cc1[nH]ccc1C(=O)NC[C@H]1CCO[C@@H]1C(C)C. The minimum absolute atomic E-state index is 0.00292. The number of carbonyl (C=O) groups is 1. The van der Waals surface area contributed by atoms with Gasteiger partial charge in [-0.2, -0.15) is 0 Å². The van der Waals surface area contributed by atoms with E-state index in [-0.39, 0.29) is 12.0 Å². The van der Waals surface area contributed by atoms with Gasteiger partial charge in [-0.05, 0) is 25.3 Å². The van der Waals surface area contributed by atoms with Gasteiger partial charge in [-0.1, -0.05) is 13.8 Å². The summed E-state index contributed by atoms with van der Waals surface area (Å²) in [6, 6.07) is 1.82. The number of nitrogens with one attached hydrogen (secondary N) is 2. The van der Waals surface area contributed by atoms with E-state index in [0.717, 1.165) is 24.3 Å². The second kappa shape index (κ2) is 5.57. The van der Waals surface area contributed by atoms with E-state index in [4.69, 9.17) is 4.74 Å². The van der Waals surface area contributed by atoms with Gasteiger partial charge < -0.3 is 15.0 Å². The van der Waals surface area contributed by atoms with E-state index in [0.29, 0.717) is 18.4 Å². The Morgan fingerprint density at radius 3 is 3.00 bits per heavy atom. The van der Waals surface area contributed by atoms with Crippen molar-refractivity contribution in [2.75, 3.05) is 13.2 Å². The zero-order valence-corrected chi connectivity index (χ0v) is 11.3. The number of aryl methyl sites for hydroxylation is 1. The van der Waals surface area contributed by atoms with E-state index in [2.05, 4.69) is 24.1 Å². The minimum atomic E-state index is 0.00292. The lowest BCUT2D eigenvalue weighted by atomic mass is 9.93. The van der Waals surface area contributed by atoms with Crippen LogP contribution in [0.1, 0.15) is 36.3 Å². The first-order chi connectivity index (χ1) is 8.59. The molecular formula is C14H22N2O2. The van der Waals surface area contributed by atoms with Crippen LogP contribution in [0.3, 0.4) is 0 Å². The molecule has 4 heteroatoms. The van der Waals surface area contributed by atoms with E-state index in [1.807, 2.05) is 13.0 Å². The van der Waals surface area contributed by atoms with E-state index < -0.39 is 0 Å². The fourth-order valence-corrected chi connectivity index (χ4v) is 2.63. The third-order valence-electron chi connectivity index (χ3n) is 3.64. The summed E-state index contributed by atoms with van der Waals surface area (Å²) >= 11 is 0. The topological polar surface area (TPSA) is 54.1 Å². The number of H-pyrrole nitrogens is 1. The van der Waals surface area contributed by atoms with E-state index in [1.165, 1.54) is 0 Å². The molecule has 1 aliphatic heterocycles. The highest BCUT2D eigenvalue weighted by molar-refractivity contribution is 5.95. The second-order valence-electron chi connectivity index (χ2n) is 5.35. The molecule has 2 heterocycles. The van der Waals surface area contributed by atoms with Crippen LogP contribution in [0, 0.1) is 18.8 Å². The van der Waals surface area contributed by atoms with Crippen LogP contribution < -0.4 is 5.32 Å². The van der Waals surface area contributed by atoms with Gasteiger partial charge in [0.05, 0.1) is 11.7 Å². The van der Waals surface area contributed by atoms with Crippen LogP contribution in [-0.4, -0.2) is 30.1 Å². The predicted octanol–water partition coefficient (Wildman–Crippen LogP) is 2.11. The van der Waals surface area contributed by atoms with E-state index in [1.54, 1.807) is 6.20 Å². The van der Waals surface area contributed by atoms with Gasteiger partial charge in [0.25, 0.3) is 5.91 Å². The number of carbonyl (C=O) groups excluding carboxylic acids is 1. The second-order valence-corrected chi connectivity index (χ2v) is 5.35. The third kappa shape index (κ3) is 2.75. The number of aromatic amines is 1. The molecule has 1 saturated heterocycles. The standard InChI is InChI=1S/C14H22N2O2/c1-9(2)13-11(5-7-18-13)8-16-14(17)12-4-6-15-10(12)3/h4,6,9,11,13,15H,5,7-8H2,1-3H3,(H,16,17)/t11-,13-/m1/s1. The molecule has 4 nitrogen and oxygen atoms in total. The summed E-state index contributed by atoms with van der Waals surface area (Å²) in [5.74, 6) is 0.944. The average molecular weight is 250 g/mol. The molecule has 0 aromatic carbocycles. The highest BCUT2D eigenvalue weighted by Gasteiger charge is 2.30. The van der Waals surface area contributed by atoms with Crippen molar-refractivity contribution in [2.24, 2.45) is 11.8 Å². The van der Waals surface area contributed by atoms with Crippen LogP contribution in [0.15, 0.2) is 12.3 Å². The molecule has 0 aliphatic carbocycles. The number of aromatic nitrogens is 1. The molecule has 2 rings (SSSR count). The quantitative estimate of drug-likeness (QED) is 0.860. The summed E-state index contributed by atoms with van der Waals surface area (Å²) in [7, 11) is 0. The molecule has 0 spiro atoms. The normalized spacial score (nSPS) is 23.6. The average Bonchev–Trinajstić information content (AvgIpc) is 2.94. The molecule has 18 heavy (non-hydrogen) atoms. The zero-order chi connectivity index (χ0) is 13.1. The monoisotopic (exact) mass is 250 g/mol. The lowest BCUT2D eigenvalue weighted by molar-refractivity contribution is 0.0533. The first-order valence-corrected chi connectivity index (χ1v) is 6.63. The lowest BCUT2D eigenvalue weighted by Gasteiger charge is -2.22. The maximum absolute atomic E-state index is 12.0. The van der Waals surface area contributed by atoms with Crippen molar-refractivity contribution in [1.82, 2.24) is 10.3 Å². The fraction of sp³-hybridized carbons (Fsp3) is 0.643. The van der Waals surface area contributed by atoms with Gasteiger partial charge in [-0.3, -0.25) is 4.79 Å². The summed E-state index contributed by atoms with van der Waals surface area (Å²) in [5, 5.41) is 3.01. The van der Waals surface area contributed by atoms with Gasteiger partial charge in [0, 0.05) is 31.0 Å². The van der Waals surface area contributed by atoms with Crippen molar-refractivity contribution in [3.8, 4) is 0 Å². The largest absolute Gasteiger partial charge is 0.378 e. The molecule has 100 valence electrons. The van der Waals surface area contributed by atoms with Crippen molar-refractivity contribution in [3.05, 3.63) is 23.5 Å². The van der Waals surface area contributed by atoms with Crippen molar-refractivity contribution in [3.63, 3.8) is 0 Å². The molecule has 1 fully saturated rings. The Morgan fingerprint density at radius 1 is 1.61 bits per heavy atom. The summed E-state index contributed by atoms with van der Waals surface area (Å²) in [4.78, 5) is 15.0. The molecule has 1 amide bonds. The number of rotatable bonds is 4. The van der Waals surface area contributed by atoms with Crippen LogP contribution in [-0.2, 0) is 4.74 Å².